The van der Waals surface area contributed by atoms with Crippen molar-refractivity contribution < 1.29 is 22.7 Å². The molecular weight excluding hydrogens is 394 g/mol. The minimum atomic E-state index is -3.74. The fraction of sp³-hybridized carbons (Fsp3) is 0.600. The molecule has 9 heteroatoms. The average molecular weight is 426 g/mol. The topological polar surface area (TPSA) is 96.0 Å². The number of hydrogen-bond donors (Lipinski definition) is 1. The van der Waals surface area contributed by atoms with Crippen molar-refractivity contribution in [3.05, 3.63) is 18.2 Å². The lowest BCUT2D eigenvalue weighted by Gasteiger charge is -2.30. The lowest BCUT2D eigenvalue weighted by atomic mass is 9.96. The van der Waals surface area contributed by atoms with Crippen LogP contribution in [-0.4, -0.2) is 62.2 Å². The zero-order chi connectivity index (χ0) is 21.6. The third-order valence-electron chi connectivity index (χ3n) is 5.15. The van der Waals surface area contributed by atoms with Crippen LogP contribution in [-0.2, 0) is 19.6 Å². The molecule has 8 nitrogen and oxygen atoms in total. The molecule has 0 aliphatic carbocycles. The molecule has 29 heavy (non-hydrogen) atoms. The highest BCUT2D eigenvalue weighted by atomic mass is 32.2. The molecule has 0 saturated carbocycles. The van der Waals surface area contributed by atoms with Crippen LogP contribution in [0.25, 0.3) is 0 Å². The number of carbonyl (C=O) groups excluding carboxylic acids is 2. The number of sulfonamides is 1. The Bertz CT molecular complexity index is 829. The average Bonchev–Trinajstić information content (AvgIpc) is 2.70. The molecular formula is C20H31N3O5S. The maximum atomic E-state index is 13.0. The fourth-order valence-corrected chi connectivity index (χ4v) is 5.08. The Labute approximate surface area is 173 Å². The van der Waals surface area contributed by atoms with Crippen LogP contribution in [0.3, 0.4) is 0 Å². The van der Waals surface area contributed by atoms with Gasteiger partial charge in [0.05, 0.1) is 6.61 Å². The Hall–Kier alpha value is -2.13. The summed E-state index contributed by atoms with van der Waals surface area (Å²) in [6, 6.07) is 4.68. The minimum absolute atomic E-state index is 0.0154. The Balaban J connectivity index is 2.22. The van der Waals surface area contributed by atoms with E-state index in [0.717, 1.165) is 0 Å². The highest BCUT2D eigenvalue weighted by Gasteiger charge is 2.28. The van der Waals surface area contributed by atoms with Crippen LogP contribution in [0.1, 0.15) is 40.5 Å². The predicted octanol–water partition coefficient (Wildman–Crippen LogP) is 2.31. The Morgan fingerprint density at radius 1 is 1.17 bits per heavy atom. The van der Waals surface area contributed by atoms with Crippen molar-refractivity contribution in [3.63, 3.8) is 0 Å². The molecule has 1 aromatic carbocycles. The van der Waals surface area contributed by atoms with Gasteiger partial charge < -0.3 is 15.0 Å². The second-order valence-corrected chi connectivity index (χ2v) is 8.86. The Morgan fingerprint density at radius 3 is 2.31 bits per heavy atom. The zero-order valence-electron chi connectivity index (χ0n) is 17.6. The zero-order valence-corrected chi connectivity index (χ0v) is 18.4. The molecule has 1 saturated heterocycles. The standard InChI is InChI=1S/C20H31N3O5S/c1-5-23(6-2)29(26,27)19-14-17(8-9-18(19)28-7-3)21-20(25)16-10-12-22(13-11-16)15(4)24/h8-9,14,16H,5-7,10-13H2,1-4H3,(H,21,25). The summed E-state index contributed by atoms with van der Waals surface area (Å²) in [6.45, 7) is 9.00. The third-order valence-corrected chi connectivity index (χ3v) is 7.22. The molecule has 0 bridgehead atoms. The van der Waals surface area contributed by atoms with Crippen molar-refractivity contribution >= 4 is 27.5 Å². The van der Waals surface area contributed by atoms with E-state index in [4.69, 9.17) is 4.74 Å². The second-order valence-electron chi connectivity index (χ2n) is 6.95. The molecule has 0 unspecified atom stereocenters. The van der Waals surface area contributed by atoms with Crippen LogP contribution in [0.4, 0.5) is 5.69 Å². The smallest absolute Gasteiger partial charge is 0.246 e. The summed E-state index contributed by atoms with van der Waals surface area (Å²) < 4.78 is 32.9. The fourth-order valence-electron chi connectivity index (χ4n) is 3.47. The third kappa shape index (κ3) is 5.48. The van der Waals surface area contributed by atoms with Gasteiger partial charge in [0.1, 0.15) is 10.6 Å². The number of hydrogen-bond acceptors (Lipinski definition) is 5. The summed E-state index contributed by atoms with van der Waals surface area (Å²) in [6.07, 6.45) is 1.18. The molecule has 162 valence electrons. The lowest BCUT2D eigenvalue weighted by molar-refractivity contribution is -0.132. The number of anilines is 1. The molecule has 1 aliphatic rings. The van der Waals surface area contributed by atoms with E-state index in [-0.39, 0.29) is 28.4 Å². The van der Waals surface area contributed by atoms with Crippen molar-refractivity contribution in [3.8, 4) is 5.75 Å². The lowest BCUT2D eigenvalue weighted by Crippen LogP contribution is -2.40. The highest BCUT2D eigenvalue weighted by Crippen LogP contribution is 2.30. The van der Waals surface area contributed by atoms with E-state index in [2.05, 4.69) is 5.32 Å². The number of ether oxygens (including phenoxy) is 1. The number of carbonyl (C=O) groups is 2. The quantitative estimate of drug-likeness (QED) is 0.690. The molecule has 1 aromatic rings. The van der Waals surface area contributed by atoms with Gasteiger partial charge in [-0.05, 0) is 38.0 Å². The first-order chi connectivity index (χ1) is 13.7. The van der Waals surface area contributed by atoms with Gasteiger partial charge in [0.15, 0.2) is 0 Å². The van der Waals surface area contributed by atoms with Gasteiger partial charge in [0.25, 0.3) is 0 Å². The molecule has 2 amide bonds. The van der Waals surface area contributed by atoms with Crippen LogP contribution in [0, 0.1) is 5.92 Å². The van der Waals surface area contributed by atoms with Gasteiger partial charge in [-0.15, -0.1) is 0 Å². The van der Waals surface area contributed by atoms with Crippen LogP contribution in [0.15, 0.2) is 23.1 Å². The van der Waals surface area contributed by atoms with E-state index < -0.39 is 10.0 Å². The minimum Gasteiger partial charge on any atom is -0.492 e. The number of amides is 2. The monoisotopic (exact) mass is 425 g/mol. The van der Waals surface area contributed by atoms with Gasteiger partial charge in [-0.25, -0.2) is 8.42 Å². The van der Waals surface area contributed by atoms with E-state index >= 15 is 0 Å². The molecule has 1 aliphatic heterocycles. The van der Waals surface area contributed by atoms with Crippen molar-refractivity contribution in [1.29, 1.82) is 0 Å². The molecule has 0 radical (unpaired) electrons. The van der Waals surface area contributed by atoms with E-state index in [0.29, 0.717) is 51.3 Å². The van der Waals surface area contributed by atoms with Crippen molar-refractivity contribution in [2.24, 2.45) is 5.92 Å². The number of nitrogens with zero attached hydrogens (tertiary/aromatic N) is 2. The molecule has 1 heterocycles. The maximum Gasteiger partial charge on any atom is 0.246 e. The molecule has 1 fully saturated rings. The van der Waals surface area contributed by atoms with Gasteiger partial charge in [-0.2, -0.15) is 4.31 Å². The summed E-state index contributed by atoms with van der Waals surface area (Å²) >= 11 is 0. The number of rotatable bonds is 8. The van der Waals surface area contributed by atoms with Crippen molar-refractivity contribution in [2.75, 3.05) is 38.1 Å². The van der Waals surface area contributed by atoms with Crippen LogP contribution < -0.4 is 10.1 Å². The van der Waals surface area contributed by atoms with E-state index in [1.165, 1.54) is 17.3 Å². The van der Waals surface area contributed by atoms with Gasteiger partial charge in [-0.1, -0.05) is 13.8 Å². The van der Waals surface area contributed by atoms with Crippen molar-refractivity contribution in [1.82, 2.24) is 9.21 Å². The van der Waals surface area contributed by atoms with E-state index in [9.17, 15) is 18.0 Å². The molecule has 0 atom stereocenters. The Kier molecular flexibility index (Phi) is 8.04. The molecule has 0 aromatic heterocycles. The maximum absolute atomic E-state index is 13.0. The van der Waals surface area contributed by atoms with Gasteiger partial charge in [0, 0.05) is 44.7 Å². The first-order valence-electron chi connectivity index (χ1n) is 10.1. The highest BCUT2D eigenvalue weighted by molar-refractivity contribution is 7.89. The van der Waals surface area contributed by atoms with Crippen molar-refractivity contribution in [2.45, 2.75) is 45.4 Å². The predicted molar refractivity (Wildman–Crippen MR) is 111 cm³/mol. The van der Waals surface area contributed by atoms with Gasteiger partial charge >= 0.3 is 0 Å². The van der Waals surface area contributed by atoms with Crippen LogP contribution in [0.5, 0.6) is 5.75 Å². The van der Waals surface area contributed by atoms with Crippen LogP contribution in [0.2, 0.25) is 0 Å². The summed E-state index contributed by atoms with van der Waals surface area (Å²) in [7, 11) is -3.74. The van der Waals surface area contributed by atoms with Crippen LogP contribution >= 0.6 is 0 Å². The van der Waals surface area contributed by atoms with E-state index in [1.807, 2.05) is 0 Å². The van der Waals surface area contributed by atoms with Gasteiger partial charge in [-0.3, -0.25) is 9.59 Å². The molecule has 2 rings (SSSR count). The SMILES string of the molecule is CCOc1ccc(NC(=O)C2CCN(C(C)=O)CC2)cc1S(=O)(=O)N(CC)CC. The van der Waals surface area contributed by atoms with E-state index in [1.54, 1.807) is 37.8 Å². The summed E-state index contributed by atoms with van der Waals surface area (Å²) in [5.74, 6) is -0.0858. The second kappa shape index (κ2) is 10.1. The number of likely N-dealkylation sites (tertiary alicyclic amines) is 1. The Morgan fingerprint density at radius 2 is 1.79 bits per heavy atom. The first kappa shape index (κ1) is 23.2. The summed E-state index contributed by atoms with van der Waals surface area (Å²) in [5, 5.41) is 2.83. The number of benzene rings is 1. The number of nitrogens with one attached hydrogen (secondary N) is 1. The first-order valence-corrected chi connectivity index (χ1v) is 11.5. The van der Waals surface area contributed by atoms with Gasteiger partial charge in [0.2, 0.25) is 21.8 Å². The molecule has 1 N–H and O–H groups in total. The summed E-state index contributed by atoms with van der Waals surface area (Å²) in [4.78, 5) is 25.9. The molecule has 0 spiro atoms. The number of piperidine rings is 1. The largest absolute Gasteiger partial charge is 0.492 e. The summed E-state index contributed by atoms with van der Waals surface area (Å²) in [5.41, 5.74) is 0.415. The normalized spacial score (nSPS) is 15.4.